The summed E-state index contributed by atoms with van der Waals surface area (Å²) in [6.45, 7) is 5.09. The topological polar surface area (TPSA) is 147 Å². The van der Waals surface area contributed by atoms with Crippen LogP contribution in [0.25, 0.3) is 16.7 Å². The van der Waals surface area contributed by atoms with Crippen LogP contribution in [0.15, 0.2) is 40.2 Å². The maximum Gasteiger partial charge on any atom is 0.279 e. The second-order valence-electron chi connectivity index (χ2n) is 8.03. The standard InChI is InChI=1S/C22H26N8O3/c1-13-29-19-16(30(13)9-17(25-3)33-21(24)22(2)10-32-11-22)7-14(8-27-19)15-5-6-26-18(15)20(31-4)28-12-23/h5-8,12,23-24,26H,9-11H2,1-4H3/p+1. The summed E-state index contributed by atoms with van der Waals surface area (Å²) in [5.74, 6) is 1.68. The average molecular weight is 452 g/mol. The van der Waals surface area contributed by atoms with E-state index >= 15 is 0 Å². The zero-order valence-corrected chi connectivity index (χ0v) is 19.0. The van der Waals surface area contributed by atoms with Crippen molar-refractivity contribution < 1.29 is 19.5 Å². The van der Waals surface area contributed by atoms with E-state index in [2.05, 4.69) is 20.0 Å². The number of nitrogens with two attached hydrogens (primary N) is 1. The van der Waals surface area contributed by atoms with E-state index in [1.165, 1.54) is 7.11 Å². The van der Waals surface area contributed by atoms with Crippen LogP contribution in [-0.4, -0.2) is 65.9 Å². The molecule has 11 nitrogen and oxygen atoms in total. The van der Waals surface area contributed by atoms with Gasteiger partial charge in [0.05, 0.1) is 43.0 Å². The first-order valence-corrected chi connectivity index (χ1v) is 10.4. The highest BCUT2D eigenvalue weighted by molar-refractivity contribution is 6.04. The molecule has 0 aliphatic carbocycles. The molecule has 2 aliphatic heterocycles. The molecule has 2 aromatic heterocycles. The molecule has 2 aromatic rings. The second-order valence-corrected chi connectivity index (χ2v) is 8.03. The van der Waals surface area contributed by atoms with Gasteiger partial charge in [-0.15, -0.1) is 0 Å². The highest BCUT2D eigenvalue weighted by atomic mass is 16.5. The van der Waals surface area contributed by atoms with E-state index in [-0.39, 0.29) is 5.90 Å². The molecular formula is C22H27N8O3+. The number of hydrogen-bond acceptors (Lipinski definition) is 8. The molecule has 4 heterocycles. The number of nitrogens with zero attached hydrogens (tertiary/aromatic N) is 5. The van der Waals surface area contributed by atoms with Crippen molar-refractivity contribution in [1.29, 1.82) is 10.8 Å². The molecule has 0 saturated carbocycles. The highest BCUT2D eigenvalue weighted by Gasteiger charge is 2.40. The van der Waals surface area contributed by atoms with Crippen molar-refractivity contribution in [2.75, 3.05) is 27.4 Å². The Morgan fingerprint density at radius 2 is 2.21 bits per heavy atom. The van der Waals surface area contributed by atoms with Gasteiger partial charge in [-0.05, 0) is 19.9 Å². The summed E-state index contributed by atoms with van der Waals surface area (Å²) in [6, 6.07) is 2.00. The Bertz CT molecular complexity index is 1230. The number of fused-ring (bicyclic) bond motifs is 1. The van der Waals surface area contributed by atoms with Gasteiger partial charge >= 0.3 is 0 Å². The lowest BCUT2D eigenvalue weighted by molar-refractivity contribution is -0.522. The lowest BCUT2D eigenvalue weighted by Gasteiger charge is -2.37. The molecule has 0 bridgehead atoms. The Hall–Kier alpha value is -3.70. The fourth-order valence-electron chi connectivity index (χ4n) is 3.68. The number of rotatable bonds is 6. The van der Waals surface area contributed by atoms with Crippen molar-refractivity contribution in [2.45, 2.75) is 20.4 Å². The van der Waals surface area contributed by atoms with E-state index in [4.69, 9.17) is 25.0 Å². The van der Waals surface area contributed by atoms with Gasteiger partial charge in [0.1, 0.15) is 18.7 Å². The predicted octanol–water partition coefficient (Wildman–Crippen LogP) is 1.25. The second kappa shape index (κ2) is 9.04. The van der Waals surface area contributed by atoms with Gasteiger partial charge in [0.25, 0.3) is 5.90 Å². The smallest absolute Gasteiger partial charge is 0.279 e. The van der Waals surface area contributed by atoms with Crippen LogP contribution in [0.1, 0.15) is 18.3 Å². The van der Waals surface area contributed by atoms with Crippen LogP contribution in [0.4, 0.5) is 0 Å². The lowest BCUT2D eigenvalue weighted by Crippen LogP contribution is -2.76. The summed E-state index contributed by atoms with van der Waals surface area (Å²) in [4.78, 5) is 17.4. The Morgan fingerprint density at radius 1 is 1.42 bits per heavy atom. The molecule has 0 spiro atoms. The molecule has 0 aromatic carbocycles. The third kappa shape index (κ3) is 4.20. The van der Waals surface area contributed by atoms with Gasteiger partial charge in [-0.25, -0.2) is 9.97 Å². The summed E-state index contributed by atoms with van der Waals surface area (Å²) in [6.07, 6.45) is 6.57. The van der Waals surface area contributed by atoms with Crippen LogP contribution in [0.3, 0.4) is 0 Å². The summed E-state index contributed by atoms with van der Waals surface area (Å²) < 4.78 is 18.4. The molecule has 1 fully saturated rings. The number of pyridine rings is 1. The molecular weight excluding hydrogens is 424 g/mol. The maximum atomic E-state index is 8.31. The molecule has 0 atom stereocenters. The summed E-state index contributed by atoms with van der Waals surface area (Å²) in [5, 5.41) is 17.5. The van der Waals surface area contributed by atoms with Gasteiger partial charge < -0.3 is 18.8 Å². The van der Waals surface area contributed by atoms with E-state index < -0.39 is 5.41 Å². The van der Waals surface area contributed by atoms with Crippen LogP contribution < -0.4 is 5.32 Å². The molecule has 11 heteroatoms. The minimum Gasteiger partial charge on any atom is -0.477 e. The van der Waals surface area contributed by atoms with Crippen molar-refractivity contribution >= 4 is 40.8 Å². The number of nitrogens with one attached hydrogen (secondary N) is 2. The van der Waals surface area contributed by atoms with Crippen molar-refractivity contribution in [3.05, 3.63) is 41.6 Å². The number of aliphatic imine (C=N–C) groups is 2. The van der Waals surface area contributed by atoms with Crippen LogP contribution in [0.2, 0.25) is 0 Å². The van der Waals surface area contributed by atoms with Gasteiger partial charge in [-0.2, -0.15) is 4.99 Å². The number of imidazole rings is 1. The van der Waals surface area contributed by atoms with Crippen LogP contribution in [0.5, 0.6) is 0 Å². The fourth-order valence-corrected chi connectivity index (χ4v) is 3.68. The zero-order chi connectivity index (χ0) is 23.6. The summed E-state index contributed by atoms with van der Waals surface area (Å²) in [7, 11) is 3.17. The number of hydrogen-bond donors (Lipinski definition) is 3. The first-order chi connectivity index (χ1) is 15.9. The van der Waals surface area contributed by atoms with Gasteiger partial charge in [0.15, 0.2) is 11.5 Å². The minimum absolute atomic E-state index is 0.147. The molecule has 4 N–H and O–H groups in total. The Kier molecular flexibility index (Phi) is 6.16. The van der Waals surface area contributed by atoms with Gasteiger partial charge in [0.2, 0.25) is 11.6 Å². The third-order valence-corrected chi connectivity index (χ3v) is 5.68. The lowest BCUT2D eigenvalue weighted by atomic mass is 9.88. The number of quaternary nitrogens is 1. The molecule has 33 heavy (non-hydrogen) atoms. The van der Waals surface area contributed by atoms with E-state index in [1.807, 2.05) is 42.1 Å². The van der Waals surface area contributed by atoms with E-state index in [9.17, 15) is 0 Å². The van der Waals surface area contributed by atoms with Gasteiger partial charge in [0, 0.05) is 24.9 Å². The van der Waals surface area contributed by atoms with Crippen molar-refractivity contribution in [1.82, 2.24) is 14.5 Å². The van der Waals surface area contributed by atoms with Crippen molar-refractivity contribution in [2.24, 2.45) is 15.4 Å². The number of allylic oxidation sites excluding steroid dienone is 2. The number of aromatic nitrogens is 3. The van der Waals surface area contributed by atoms with Gasteiger partial charge in [-0.1, -0.05) is 0 Å². The number of ether oxygens (including phenoxy) is 3. The maximum absolute atomic E-state index is 8.31. The fraction of sp³-hybridized carbons (Fsp3) is 0.364. The Morgan fingerprint density at radius 3 is 2.85 bits per heavy atom. The number of aryl methyl sites for hydroxylation is 1. The average Bonchev–Trinajstić information content (AvgIpc) is 3.39. The van der Waals surface area contributed by atoms with E-state index in [0.717, 1.165) is 34.5 Å². The van der Waals surface area contributed by atoms with Gasteiger partial charge in [-0.3, -0.25) is 21.1 Å². The Balaban J connectivity index is 1.68. The highest BCUT2D eigenvalue weighted by Crippen LogP contribution is 2.29. The SMILES string of the molecule is CN=C(Cn1c(C)nc2ncc(C3=C(C(=NC=N)OC)[NH2+]C=C3)cc21)OC(=N)C1(C)COC1. The van der Waals surface area contributed by atoms with Crippen molar-refractivity contribution in [3.63, 3.8) is 0 Å². The monoisotopic (exact) mass is 451 g/mol. The van der Waals surface area contributed by atoms with E-state index in [1.54, 1.807) is 13.2 Å². The Labute approximate surface area is 190 Å². The number of methoxy groups -OCH3 is 1. The first-order valence-electron chi connectivity index (χ1n) is 10.4. The molecule has 4 rings (SSSR count). The van der Waals surface area contributed by atoms with Crippen LogP contribution >= 0.6 is 0 Å². The predicted molar refractivity (Wildman–Crippen MR) is 125 cm³/mol. The molecule has 0 radical (unpaired) electrons. The third-order valence-electron chi connectivity index (χ3n) is 5.68. The molecule has 172 valence electrons. The quantitative estimate of drug-likeness (QED) is 0.447. The van der Waals surface area contributed by atoms with E-state index in [0.29, 0.717) is 37.2 Å². The first kappa shape index (κ1) is 22.5. The molecule has 2 aliphatic rings. The zero-order valence-electron chi connectivity index (χ0n) is 19.0. The summed E-state index contributed by atoms with van der Waals surface area (Å²) >= 11 is 0. The van der Waals surface area contributed by atoms with Crippen LogP contribution in [0, 0.1) is 23.2 Å². The normalized spacial score (nSPS) is 17.9. The molecule has 0 unspecified atom stereocenters. The largest absolute Gasteiger partial charge is 0.477 e. The molecule has 1 saturated heterocycles. The van der Waals surface area contributed by atoms with Crippen LogP contribution in [-0.2, 0) is 20.8 Å². The summed E-state index contributed by atoms with van der Waals surface area (Å²) in [5.41, 5.74) is 3.53. The molecule has 0 amide bonds. The van der Waals surface area contributed by atoms with Crippen molar-refractivity contribution in [3.8, 4) is 0 Å². The minimum atomic E-state index is -0.415.